The molecular weight excluding hydrogens is 221 g/mol. The Bertz CT molecular complexity index is 294. The third-order valence-electron chi connectivity index (χ3n) is 1.23. The monoisotopic (exact) mass is 226 g/mol. The van der Waals surface area contributed by atoms with Crippen molar-refractivity contribution in [3.8, 4) is 0 Å². The number of rotatable bonds is 3. The van der Waals surface area contributed by atoms with Crippen molar-refractivity contribution < 1.29 is 8.78 Å². The topological polar surface area (TPSA) is 24.9 Å². The lowest BCUT2D eigenvalue weighted by molar-refractivity contribution is 0.163. The van der Waals surface area contributed by atoms with Crippen molar-refractivity contribution in [1.82, 2.24) is 4.98 Å². The number of nitrogens with one attached hydrogen (secondary N) is 1. The molecule has 0 aromatic carbocycles. The second kappa shape index (κ2) is 4.58. The largest absolute Gasteiger partial charge is 0.363 e. The first kappa shape index (κ1) is 10.5. The van der Waals surface area contributed by atoms with Crippen molar-refractivity contribution in [1.29, 1.82) is 0 Å². The van der Waals surface area contributed by atoms with E-state index in [1.807, 2.05) is 0 Å². The van der Waals surface area contributed by atoms with Gasteiger partial charge in [-0.25, -0.2) is 13.8 Å². The van der Waals surface area contributed by atoms with E-state index in [1.165, 1.54) is 12.3 Å². The fourth-order valence-corrected chi connectivity index (χ4v) is 1.17. The zero-order chi connectivity index (χ0) is 9.84. The molecule has 0 spiro atoms. The molecule has 0 radical (unpaired) electrons. The molecule has 0 aliphatic heterocycles. The summed E-state index contributed by atoms with van der Waals surface area (Å²) in [6.07, 6.45) is -1.10. The molecule has 0 unspecified atom stereocenters. The third-order valence-corrected chi connectivity index (χ3v) is 1.73. The Labute approximate surface area is 83.9 Å². The van der Waals surface area contributed by atoms with Crippen LogP contribution < -0.4 is 5.32 Å². The summed E-state index contributed by atoms with van der Waals surface area (Å²) in [5.41, 5.74) is 0. The average molecular weight is 227 g/mol. The molecule has 72 valence electrons. The molecule has 0 aliphatic carbocycles. The van der Waals surface area contributed by atoms with Crippen molar-refractivity contribution in [3.05, 3.63) is 22.3 Å². The molecule has 6 heteroatoms. The summed E-state index contributed by atoms with van der Waals surface area (Å²) < 4.78 is 23.5. The van der Waals surface area contributed by atoms with Crippen LogP contribution in [0.25, 0.3) is 0 Å². The second-order valence-corrected chi connectivity index (χ2v) is 3.10. The van der Waals surface area contributed by atoms with Crippen LogP contribution in [0.15, 0.2) is 12.3 Å². The van der Waals surface area contributed by atoms with Gasteiger partial charge in [-0.05, 0) is 6.07 Å². The van der Waals surface area contributed by atoms with Crippen molar-refractivity contribution in [3.63, 3.8) is 0 Å². The number of pyridine rings is 1. The fourth-order valence-electron chi connectivity index (χ4n) is 0.718. The van der Waals surface area contributed by atoms with E-state index < -0.39 is 13.0 Å². The predicted octanol–water partition coefficient (Wildman–Crippen LogP) is 3.07. The van der Waals surface area contributed by atoms with E-state index in [9.17, 15) is 8.78 Å². The van der Waals surface area contributed by atoms with E-state index in [4.69, 9.17) is 23.2 Å². The molecular formula is C7H6Cl2F2N2. The van der Waals surface area contributed by atoms with Crippen LogP contribution in [-0.2, 0) is 0 Å². The van der Waals surface area contributed by atoms with Gasteiger partial charge in [-0.3, -0.25) is 0 Å². The van der Waals surface area contributed by atoms with Gasteiger partial charge in [0.15, 0.2) is 0 Å². The first-order chi connectivity index (χ1) is 6.09. The molecule has 1 N–H and O–H groups in total. The Morgan fingerprint density at radius 1 is 1.46 bits per heavy atom. The van der Waals surface area contributed by atoms with Gasteiger partial charge in [0.2, 0.25) is 0 Å². The van der Waals surface area contributed by atoms with Gasteiger partial charge in [0.1, 0.15) is 5.82 Å². The number of anilines is 1. The van der Waals surface area contributed by atoms with E-state index in [0.29, 0.717) is 5.02 Å². The van der Waals surface area contributed by atoms with Crippen LogP contribution in [0, 0.1) is 0 Å². The highest BCUT2D eigenvalue weighted by molar-refractivity contribution is 6.35. The number of nitrogens with zero attached hydrogens (tertiary/aromatic N) is 1. The highest BCUT2D eigenvalue weighted by Crippen LogP contribution is 2.22. The normalized spacial score (nSPS) is 10.5. The van der Waals surface area contributed by atoms with Gasteiger partial charge >= 0.3 is 0 Å². The summed E-state index contributed by atoms with van der Waals surface area (Å²) in [6, 6.07) is 1.43. The van der Waals surface area contributed by atoms with Crippen molar-refractivity contribution in [2.75, 3.05) is 11.9 Å². The molecule has 0 saturated heterocycles. The minimum Gasteiger partial charge on any atom is -0.363 e. The maximum absolute atomic E-state index is 11.8. The van der Waals surface area contributed by atoms with Crippen LogP contribution in [0.4, 0.5) is 14.6 Å². The molecule has 2 nitrogen and oxygen atoms in total. The Balaban J connectivity index is 2.67. The Hall–Kier alpha value is -0.610. The van der Waals surface area contributed by atoms with E-state index in [1.54, 1.807) is 0 Å². The van der Waals surface area contributed by atoms with Gasteiger partial charge in [0.25, 0.3) is 6.43 Å². The fraction of sp³-hybridized carbons (Fsp3) is 0.286. The van der Waals surface area contributed by atoms with Crippen LogP contribution in [0.3, 0.4) is 0 Å². The van der Waals surface area contributed by atoms with Gasteiger partial charge in [-0.15, -0.1) is 0 Å². The average Bonchev–Trinajstić information content (AvgIpc) is 2.02. The molecule has 0 amide bonds. The molecule has 13 heavy (non-hydrogen) atoms. The zero-order valence-electron chi connectivity index (χ0n) is 6.40. The molecule has 1 heterocycles. The summed E-state index contributed by atoms with van der Waals surface area (Å²) in [5.74, 6) is 0.214. The minimum atomic E-state index is -2.44. The maximum Gasteiger partial charge on any atom is 0.255 e. The van der Waals surface area contributed by atoms with Gasteiger partial charge < -0.3 is 5.32 Å². The zero-order valence-corrected chi connectivity index (χ0v) is 7.91. The highest BCUT2D eigenvalue weighted by Gasteiger charge is 2.05. The van der Waals surface area contributed by atoms with Crippen LogP contribution in [-0.4, -0.2) is 18.0 Å². The number of halogens is 4. The van der Waals surface area contributed by atoms with E-state index in [2.05, 4.69) is 10.3 Å². The first-order valence-electron chi connectivity index (χ1n) is 3.42. The summed E-state index contributed by atoms with van der Waals surface area (Å²) in [4.78, 5) is 3.74. The molecule has 1 rings (SSSR count). The standard InChI is InChI=1S/C7H6Cl2F2N2/c8-4-1-5(9)7(12-2-4)13-3-6(10)11/h1-2,6H,3H2,(H,12,13). The molecule has 0 fully saturated rings. The quantitative estimate of drug-likeness (QED) is 0.858. The van der Waals surface area contributed by atoms with Crippen LogP contribution in [0.1, 0.15) is 0 Å². The van der Waals surface area contributed by atoms with E-state index in [-0.39, 0.29) is 10.8 Å². The number of hydrogen-bond acceptors (Lipinski definition) is 2. The third kappa shape index (κ3) is 3.32. The molecule has 1 aromatic rings. The van der Waals surface area contributed by atoms with Gasteiger partial charge in [-0.2, -0.15) is 0 Å². The predicted molar refractivity (Wildman–Crippen MR) is 48.8 cm³/mol. The van der Waals surface area contributed by atoms with Crippen molar-refractivity contribution in [2.45, 2.75) is 6.43 Å². The second-order valence-electron chi connectivity index (χ2n) is 2.26. The Morgan fingerprint density at radius 2 is 2.15 bits per heavy atom. The van der Waals surface area contributed by atoms with E-state index in [0.717, 1.165) is 0 Å². The van der Waals surface area contributed by atoms with Gasteiger partial charge in [0, 0.05) is 6.20 Å². The van der Waals surface area contributed by atoms with Crippen molar-refractivity contribution in [2.24, 2.45) is 0 Å². The van der Waals surface area contributed by atoms with Crippen LogP contribution >= 0.6 is 23.2 Å². The lowest BCUT2D eigenvalue weighted by Gasteiger charge is -2.05. The maximum atomic E-state index is 11.8. The Morgan fingerprint density at radius 3 is 2.69 bits per heavy atom. The van der Waals surface area contributed by atoms with E-state index >= 15 is 0 Å². The molecule has 0 aliphatic rings. The number of hydrogen-bond donors (Lipinski definition) is 1. The molecule has 1 aromatic heterocycles. The first-order valence-corrected chi connectivity index (χ1v) is 4.18. The summed E-state index contributed by atoms with van der Waals surface area (Å²) in [6.45, 7) is -0.478. The smallest absolute Gasteiger partial charge is 0.255 e. The summed E-state index contributed by atoms with van der Waals surface area (Å²) in [7, 11) is 0. The molecule has 0 atom stereocenters. The lowest BCUT2D eigenvalue weighted by Crippen LogP contribution is -2.11. The summed E-state index contributed by atoms with van der Waals surface area (Å²) >= 11 is 11.2. The van der Waals surface area contributed by atoms with Crippen molar-refractivity contribution >= 4 is 29.0 Å². The molecule has 0 bridgehead atoms. The minimum absolute atomic E-state index is 0.214. The van der Waals surface area contributed by atoms with Gasteiger partial charge in [0.05, 0.1) is 16.6 Å². The highest BCUT2D eigenvalue weighted by atomic mass is 35.5. The SMILES string of the molecule is FC(F)CNc1ncc(Cl)cc1Cl. The Kier molecular flexibility index (Phi) is 3.69. The molecule has 0 saturated carbocycles. The van der Waals surface area contributed by atoms with Crippen LogP contribution in [0.2, 0.25) is 10.0 Å². The van der Waals surface area contributed by atoms with Gasteiger partial charge in [-0.1, -0.05) is 23.2 Å². The van der Waals surface area contributed by atoms with Crippen LogP contribution in [0.5, 0.6) is 0 Å². The lowest BCUT2D eigenvalue weighted by atomic mass is 10.4. The summed E-state index contributed by atoms with van der Waals surface area (Å²) in [5, 5.41) is 2.99. The number of aromatic nitrogens is 1. The number of alkyl halides is 2.